The predicted octanol–water partition coefficient (Wildman–Crippen LogP) is 15.9. The van der Waals surface area contributed by atoms with Gasteiger partial charge in [0, 0.05) is 27.7 Å². The van der Waals surface area contributed by atoms with Crippen LogP contribution in [0.15, 0.2) is 241 Å². The number of rotatable bonds is 7. The van der Waals surface area contributed by atoms with E-state index in [1.54, 1.807) is 0 Å². The van der Waals surface area contributed by atoms with Crippen molar-refractivity contribution in [2.45, 2.75) is 5.41 Å². The molecule has 11 aromatic rings. The molecule has 0 atom stereocenters. The molecule has 0 saturated heterocycles. The molecule has 0 bridgehead atoms. The van der Waals surface area contributed by atoms with Crippen LogP contribution in [0.3, 0.4) is 0 Å². The van der Waals surface area contributed by atoms with Crippen molar-refractivity contribution in [1.82, 2.24) is 0 Å². The van der Waals surface area contributed by atoms with Crippen molar-refractivity contribution in [3.8, 4) is 33.4 Å². The largest absolute Gasteiger partial charge is 0.456 e. The van der Waals surface area contributed by atoms with Gasteiger partial charge in [0.1, 0.15) is 11.2 Å². The van der Waals surface area contributed by atoms with Crippen LogP contribution in [0.5, 0.6) is 0 Å². The fourth-order valence-electron chi connectivity index (χ4n) is 10.1. The first-order chi connectivity index (χ1) is 30.3. The Kier molecular flexibility index (Phi) is 8.11. The molecule has 0 aliphatic heterocycles. The third kappa shape index (κ3) is 5.50. The van der Waals surface area contributed by atoms with E-state index in [1.807, 2.05) is 12.1 Å². The van der Waals surface area contributed by atoms with E-state index in [2.05, 4.69) is 229 Å². The number of para-hydroxylation sites is 2. The monoisotopic (exact) mass is 777 g/mol. The number of fused-ring (bicyclic) bond motifs is 7. The molecule has 1 heterocycles. The van der Waals surface area contributed by atoms with Gasteiger partial charge in [-0.2, -0.15) is 0 Å². The maximum Gasteiger partial charge on any atom is 0.135 e. The molecule has 0 unspecified atom stereocenters. The zero-order chi connectivity index (χ0) is 40.3. The zero-order valence-electron chi connectivity index (χ0n) is 33.4. The van der Waals surface area contributed by atoms with Gasteiger partial charge >= 0.3 is 0 Å². The van der Waals surface area contributed by atoms with Gasteiger partial charge < -0.3 is 9.32 Å². The lowest BCUT2D eigenvalue weighted by Crippen LogP contribution is -2.28. The Labute approximate surface area is 355 Å². The average molecular weight is 778 g/mol. The van der Waals surface area contributed by atoms with Crippen molar-refractivity contribution in [3.63, 3.8) is 0 Å². The molecule has 0 fully saturated rings. The molecule has 2 nitrogen and oxygen atoms in total. The quantitative estimate of drug-likeness (QED) is 0.160. The van der Waals surface area contributed by atoms with Gasteiger partial charge in [-0.15, -0.1) is 0 Å². The highest BCUT2D eigenvalue weighted by molar-refractivity contribution is 6.08. The highest BCUT2D eigenvalue weighted by Crippen LogP contribution is 2.56. The maximum atomic E-state index is 6.32. The molecule has 61 heavy (non-hydrogen) atoms. The van der Waals surface area contributed by atoms with Gasteiger partial charge in [0.2, 0.25) is 0 Å². The van der Waals surface area contributed by atoms with E-state index in [-0.39, 0.29) is 0 Å². The summed E-state index contributed by atoms with van der Waals surface area (Å²) in [7, 11) is 0. The van der Waals surface area contributed by atoms with Crippen molar-refractivity contribution >= 4 is 49.8 Å². The topological polar surface area (TPSA) is 16.4 Å². The molecule has 0 N–H and O–H groups in total. The zero-order valence-corrected chi connectivity index (χ0v) is 33.4. The summed E-state index contributed by atoms with van der Waals surface area (Å²) in [5.41, 5.74) is 16.9. The number of hydrogen-bond acceptors (Lipinski definition) is 2. The maximum absolute atomic E-state index is 6.32. The summed E-state index contributed by atoms with van der Waals surface area (Å²) in [5, 5.41) is 4.57. The third-order valence-electron chi connectivity index (χ3n) is 12.7. The summed E-state index contributed by atoms with van der Waals surface area (Å²) in [6, 6.07) is 86.3. The van der Waals surface area contributed by atoms with Gasteiger partial charge in [-0.3, -0.25) is 0 Å². The molecule has 0 amide bonds. The van der Waals surface area contributed by atoms with Crippen LogP contribution in [-0.2, 0) is 5.41 Å². The van der Waals surface area contributed by atoms with Crippen LogP contribution < -0.4 is 4.90 Å². The lowest BCUT2D eigenvalue weighted by molar-refractivity contribution is 0.669. The van der Waals surface area contributed by atoms with Crippen LogP contribution in [0, 0.1) is 0 Å². The summed E-state index contributed by atoms with van der Waals surface area (Å²) in [4.78, 5) is 2.41. The lowest BCUT2D eigenvalue weighted by Gasteiger charge is -2.34. The molecule has 1 aliphatic carbocycles. The van der Waals surface area contributed by atoms with E-state index < -0.39 is 5.41 Å². The van der Waals surface area contributed by atoms with Gasteiger partial charge in [0.15, 0.2) is 0 Å². The molecular formula is C59H39NO. The van der Waals surface area contributed by atoms with Gasteiger partial charge in [-0.05, 0) is 115 Å². The Morgan fingerprint density at radius 2 is 0.902 bits per heavy atom. The Morgan fingerprint density at radius 1 is 0.328 bits per heavy atom. The first-order valence-corrected chi connectivity index (χ1v) is 21.0. The first kappa shape index (κ1) is 35.0. The minimum Gasteiger partial charge on any atom is -0.456 e. The van der Waals surface area contributed by atoms with Crippen molar-refractivity contribution in [2.24, 2.45) is 0 Å². The number of furan rings is 1. The molecule has 0 saturated carbocycles. The fraction of sp³-hybridized carbons (Fsp3) is 0.0169. The smallest absolute Gasteiger partial charge is 0.135 e. The lowest BCUT2D eigenvalue weighted by atomic mass is 9.67. The van der Waals surface area contributed by atoms with Crippen molar-refractivity contribution in [1.29, 1.82) is 0 Å². The second-order valence-corrected chi connectivity index (χ2v) is 16.0. The molecule has 2 heteroatoms. The normalized spacial score (nSPS) is 12.7. The molecule has 10 aromatic carbocycles. The Morgan fingerprint density at radius 3 is 1.66 bits per heavy atom. The van der Waals surface area contributed by atoms with Crippen LogP contribution in [0.4, 0.5) is 17.1 Å². The average Bonchev–Trinajstić information content (AvgIpc) is 3.86. The van der Waals surface area contributed by atoms with Crippen LogP contribution in [0.25, 0.3) is 66.1 Å². The number of anilines is 3. The first-order valence-electron chi connectivity index (χ1n) is 21.0. The second-order valence-electron chi connectivity index (χ2n) is 16.0. The van der Waals surface area contributed by atoms with Crippen LogP contribution in [-0.4, -0.2) is 0 Å². The summed E-state index contributed by atoms with van der Waals surface area (Å²) in [5.74, 6) is 0. The van der Waals surface area contributed by atoms with E-state index in [0.29, 0.717) is 0 Å². The summed E-state index contributed by atoms with van der Waals surface area (Å²) < 4.78 is 6.32. The molecule has 1 aliphatic rings. The van der Waals surface area contributed by atoms with Gasteiger partial charge in [0.25, 0.3) is 0 Å². The minimum atomic E-state index is -0.493. The van der Waals surface area contributed by atoms with E-state index in [4.69, 9.17) is 4.42 Å². The fourth-order valence-corrected chi connectivity index (χ4v) is 10.1. The predicted molar refractivity (Wildman–Crippen MR) is 254 cm³/mol. The molecule has 0 radical (unpaired) electrons. The third-order valence-corrected chi connectivity index (χ3v) is 12.7. The van der Waals surface area contributed by atoms with Gasteiger partial charge in [-0.25, -0.2) is 0 Å². The minimum absolute atomic E-state index is 0.493. The molecule has 1 aromatic heterocycles. The van der Waals surface area contributed by atoms with Gasteiger partial charge in [0.05, 0.1) is 11.1 Å². The van der Waals surface area contributed by atoms with E-state index in [1.165, 1.54) is 55.3 Å². The standard InChI is InChI=1S/C59H39NO/c1-3-21-43(22-4-1)59(54-31-14-11-28-49(54)50-29-12-15-32-55(50)59)44-23-17-20-42(36-44)47-26-9-10-27-48(47)52-37-40-18-7-8-19-41(40)38-56(52)60(45-24-5-2-6-25-45)46-34-35-58-53(39-46)51-30-13-16-33-57(51)61-58/h1-39H. The van der Waals surface area contributed by atoms with Gasteiger partial charge in [-0.1, -0.05) is 182 Å². The van der Waals surface area contributed by atoms with E-state index >= 15 is 0 Å². The SMILES string of the molecule is c1ccc(N(c2ccc3oc4ccccc4c3c2)c2cc3ccccc3cc2-c2ccccc2-c2cccc(C3(c4ccccc4)c4ccccc4-c4ccccc43)c2)cc1. The Hall–Kier alpha value is -7.94. The molecule has 286 valence electrons. The summed E-state index contributed by atoms with van der Waals surface area (Å²) >= 11 is 0. The van der Waals surface area contributed by atoms with Crippen LogP contribution in [0.2, 0.25) is 0 Å². The number of hydrogen-bond donors (Lipinski definition) is 0. The summed E-state index contributed by atoms with van der Waals surface area (Å²) in [6.07, 6.45) is 0. The molecule has 0 spiro atoms. The summed E-state index contributed by atoms with van der Waals surface area (Å²) in [6.45, 7) is 0. The molecular weight excluding hydrogens is 739 g/mol. The number of benzene rings is 10. The van der Waals surface area contributed by atoms with Crippen molar-refractivity contribution in [2.75, 3.05) is 4.90 Å². The van der Waals surface area contributed by atoms with Crippen molar-refractivity contribution in [3.05, 3.63) is 259 Å². The van der Waals surface area contributed by atoms with Crippen molar-refractivity contribution < 1.29 is 4.42 Å². The van der Waals surface area contributed by atoms with Crippen LogP contribution in [0.1, 0.15) is 22.3 Å². The highest BCUT2D eigenvalue weighted by atomic mass is 16.3. The van der Waals surface area contributed by atoms with Crippen LogP contribution >= 0.6 is 0 Å². The van der Waals surface area contributed by atoms with E-state index in [9.17, 15) is 0 Å². The Balaban J connectivity index is 1.10. The Bertz CT molecular complexity index is 3390. The number of nitrogens with zero attached hydrogens (tertiary/aromatic N) is 1. The highest BCUT2D eigenvalue weighted by Gasteiger charge is 2.46. The molecule has 12 rings (SSSR count). The van der Waals surface area contributed by atoms with E-state index in [0.717, 1.165) is 50.1 Å². The second kappa shape index (κ2) is 14.1.